The second kappa shape index (κ2) is 6.88. The van der Waals surface area contributed by atoms with Crippen molar-refractivity contribution in [2.24, 2.45) is 0 Å². The van der Waals surface area contributed by atoms with Crippen molar-refractivity contribution >= 4 is 50.8 Å². The molecule has 1 aromatic carbocycles. The highest BCUT2D eigenvalue weighted by Gasteiger charge is 2.37. The summed E-state index contributed by atoms with van der Waals surface area (Å²) in [6.07, 6.45) is 3.64. The van der Waals surface area contributed by atoms with Crippen LogP contribution in [0.25, 0.3) is 6.08 Å². The Hall–Kier alpha value is -1.60. The van der Waals surface area contributed by atoms with Gasteiger partial charge in [-0.05, 0) is 48.4 Å². The molecular formula is C16H15BrN2O3S. The summed E-state index contributed by atoms with van der Waals surface area (Å²) >= 11 is 4.23. The van der Waals surface area contributed by atoms with Crippen LogP contribution in [0.2, 0.25) is 0 Å². The molecule has 2 saturated heterocycles. The summed E-state index contributed by atoms with van der Waals surface area (Å²) in [6.45, 7) is 1.26. The molecule has 2 aliphatic rings. The second-order valence-electron chi connectivity index (χ2n) is 5.41. The average Bonchev–Trinajstić information content (AvgIpc) is 3.14. The van der Waals surface area contributed by atoms with Crippen molar-refractivity contribution in [3.8, 4) is 0 Å². The number of amides is 3. The van der Waals surface area contributed by atoms with Crippen LogP contribution in [0.3, 0.4) is 0 Å². The third-order valence-electron chi connectivity index (χ3n) is 3.79. The number of thioether (sulfide) groups is 1. The minimum Gasteiger partial charge on any atom is -0.341 e. The van der Waals surface area contributed by atoms with Crippen LogP contribution in [0, 0.1) is 0 Å². The van der Waals surface area contributed by atoms with E-state index in [-0.39, 0.29) is 17.7 Å². The second-order valence-corrected chi connectivity index (χ2v) is 7.32. The number of carbonyl (C=O) groups is 3. The summed E-state index contributed by atoms with van der Waals surface area (Å²) in [4.78, 5) is 39.7. The number of carbonyl (C=O) groups excluding carboxylic acids is 3. The third-order valence-corrected chi connectivity index (χ3v) is 5.23. The van der Waals surface area contributed by atoms with Crippen molar-refractivity contribution in [3.63, 3.8) is 0 Å². The van der Waals surface area contributed by atoms with E-state index >= 15 is 0 Å². The molecule has 0 aliphatic carbocycles. The van der Waals surface area contributed by atoms with E-state index in [0.717, 1.165) is 39.5 Å². The molecule has 0 spiro atoms. The maximum Gasteiger partial charge on any atom is 0.294 e. The smallest absolute Gasteiger partial charge is 0.294 e. The Morgan fingerprint density at radius 2 is 1.83 bits per heavy atom. The first kappa shape index (κ1) is 16.3. The summed E-state index contributed by atoms with van der Waals surface area (Å²) in [7, 11) is 0. The van der Waals surface area contributed by atoms with Crippen LogP contribution < -0.4 is 0 Å². The molecule has 0 atom stereocenters. The van der Waals surface area contributed by atoms with Crippen molar-refractivity contribution in [3.05, 3.63) is 39.2 Å². The fourth-order valence-electron chi connectivity index (χ4n) is 2.55. The average molecular weight is 395 g/mol. The zero-order chi connectivity index (χ0) is 16.4. The van der Waals surface area contributed by atoms with Gasteiger partial charge in [0.2, 0.25) is 5.91 Å². The van der Waals surface area contributed by atoms with Crippen LogP contribution in [-0.2, 0) is 9.59 Å². The van der Waals surface area contributed by atoms with E-state index in [4.69, 9.17) is 0 Å². The number of nitrogens with zero attached hydrogens (tertiary/aromatic N) is 2. The van der Waals surface area contributed by atoms with E-state index in [1.807, 2.05) is 24.3 Å². The van der Waals surface area contributed by atoms with Gasteiger partial charge in [0.15, 0.2) is 0 Å². The maximum absolute atomic E-state index is 12.4. The molecule has 0 radical (unpaired) electrons. The quantitative estimate of drug-likeness (QED) is 0.739. The van der Waals surface area contributed by atoms with Crippen LogP contribution in [0.5, 0.6) is 0 Å². The van der Waals surface area contributed by atoms with Gasteiger partial charge in [0, 0.05) is 17.6 Å². The molecule has 0 unspecified atom stereocenters. The predicted octanol–water partition coefficient (Wildman–Crippen LogP) is 3.11. The Morgan fingerprint density at radius 3 is 2.48 bits per heavy atom. The number of benzene rings is 1. The summed E-state index contributed by atoms with van der Waals surface area (Å²) in [6, 6.07) is 7.45. The zero-order valence-electron chi connectivity index (χ0n) is 12.3. The minimum absolute atomic E-state index is 0.158. The van der Waals surface area contributed by atoms with Gasteiger partial charge in [-0.2, -0.15) is 0 Å². The first-order valence-corrected chi connectivity index (χ1v) is 8.94. The topological polar surface area (TPSA) is 57.7 Å². The molecule has 0 bridgehead atoms. The summed E-state index contributed by atoms with van der Waals surface area (Å²) in [5, 5.41) is -0.383. The van der Waals surface area contributed by atoms with Gasteiger partial charge in [-0.15, -0.1) is 0 Å². The molecule has 0 N–H and O–H groups in total. The van der Waals surface area contributed by atoms with Crippen molar-refractivity contribution < 1.29 is 14.4 Å². The molecular weight excluding hydrogens is 380 g/mol. The Balaban J connectivity index is 1.71. The van der Waals surface area contributed by atoms with Gasteiger partial charge in [-0.3, -0.25) is 19.3 Å². The molecule has 0 saturated carbocycles. The molecule has 7 heteroatoms. The van der Waals surface area contributed by atoms with Gasteiger partial charge in [-0.1, -0.05) is 28.1 Å². The molecule has 2 aliphatic heterocycles. The third kappa shape index (κ3) is 3.67. The van der Waals surface area contributed by atoms with E-state index in [9.17, 15) is 14.4 Å². The predicted molar refractivity (Wildman–Crippen MR) is 92.6 cm³/mol. The summed E-state index contributed by atoms with van der Waals surface area (Å²) < 4.78 is 0.943. The molecule has 1 aromatic rings. The van der Waals surface area contributed by atoms with E-state index in [1.165, 1.54) is 0 Å². The number of hydrogen-bond acceptors (Lipinski definition) is 4. The monoisotopic (exact) mass is 394 g/mol. The number of rotatable bonds is 3. The lowest BCUT2D eigenvalue weighted by Crippen LogP contribution is -2.40. The maximum atomic E-state index is 12.4. The summed E-state index contributed by atoms with van der Waals surface area (Å²) in [5.41, 5.74) is 0.838. The van der Waals surface area contributed by atoms with Crippen molar-refractivity contribution in [1.82, 2.24) is 9.80 Å². The van der Waals surface area contributed by atoms with Crippen molar-refractivity contribution in [2.75, 3.05) is 19.6 Å². The lowest BCUT2D eigenvalue weighted by Gasteiger charge is -2.18. The number of imide groups is 1. The van der Waals surface area contributed by atoms with Crippen LogP contribution in [-0.4, -0.2) is 46.5 Å². The molecule has 2 fully saturated rings. The van der Waals surface area contributed by atoms with E-state index < -0.39 is 5.91 Å². The number of likely N-dealkylation sites (tertiary alicyclic amines) is 1. The zero-order valence-corrected chi connectivity index (χ0v) is 14.7. The highest BCUT2D eigenvalue weighted by molar-refractivity contribution is 9.10. The normalized spacial score (nSPS) is 20.0. The Morgan fingerprint density at radius 1 is 1.17 bits per heavy atom. The fraction of sp³-hybridized carbons (Fsp3) is 0.312. The minimum atomic E-state index is -0.393. The first-order valence-electron chi connectivity index (χ1n) is 7.33. The Bertz CT molecular complexity index is 681. The first-order chi connectivity index (χ1) is 11.0. The molecule has 3 rings (SSSR count). The Labute approximate surface area is 146 Å². The largest absolute Gasteiger partial charge is 0.341 e. The van der Waals surface area contributed by atoms with Gasteiger partial charge in [0.1, 0.15) is 6.54 Å². The van der Waals surface area contributed by atoms with Crippen LogP contribution in [0.15, 0.2) is 33.6 Å². The van der Waals surface area contributed by atoms with E-state index in [1.54, 1.807) is 11.0 Å². The SMILES string of the molecule is O=C(CN1C(=O)S/C(=C\c2ccc(Br)cc2)C1=O)N1CCCC1. The number of halogens is 1. The molecule has 5 nitrogen and oxygen atoms in total. The van der Waals surface area contributed by atoms with Gasteiger partial charge in [0.25, 0.3) is 11.1 Å². The van der Waals surface area contributed by atoms with E-state index in [2.05, 4.69) is 15.9 Å². The fourth-order valence-corrected chi connectivity index (χ4v) is 3.65. The lowest BCUT2D eigenvalue weighted by atomic mass is 10.2. The lowest BCUT2D eigenvalue weighted by molar-refractivity contribution is -0.135. The summed E-state index contributed by atoms with van der Waals surface area (Å²) in [5.74, 6) is -0.551. The Kier molecular flexibility index (Phi) is 4.87. The standard InChI is InChI=1S/C16H15BrN2O3S/c17-12-5-3-11(4-6-12)9-13-15(21)19(16(22)23-13)10-14(20)18-7-1-2-8-18/h3-6,9H,1-2,7-8,10H2/b13-9-. The van der Waals surface area contributed by atoms with Gasteiger partial charge in [-0.25, -0.2) is 0 Å². The molecule has 3 amide bonds. The highest BCUT2D eigenvalue weighted by atomic mass is 79.9. The van der Waals surface area contributed by atoms with Gasteiger partial charge in [0.05, 0.1) is 4.91 Å². The van der Waals surface area contributed by atoms with Crippen molar-refractivity contribution in [2.45, 2.75) is 12.8 Å². The number of hydrogen-bond donors (Lipinski definition) is 0. The van der Waals surface area contributed by atoms with Gasteiger partial charge < -0.3 is 4.90 Å². The molecule has 120 valence electrons. The van der Waals surface area contributed by atoms with E-state index in [0.29, 0.717) is 18.0 Å². The molecule has 23 heavy (non-hydrogen) atoms. The molecule has 0 aromatic heterocycles. The molecule has 2 heterocycles. The van der Waals surface area contributed by atoms with Crippen LogP contribution in [0.1, 0.15) is 18.4 Å². The van der Waals surface area contributed by atoms with Gasteiger partial charge >= 0.3 is 0 Å². The van der Waals surface area contributed by atoms with Crippen molar-refractivity contribution in [1.29, 1.82) is 0 Å². The van der Waals surface area contributed by atoms with Crippen LogP contribution in [0.4, 0.5) is 4.79 Å². The van der Waals surface area contributed by atoms with Crippen LogP contribution >= 0.6 is 27.7 Å². The highest BCUT2D eigenvalue weighted by Crippen LogP contribution is 2.32.